The van der Waals surface area contributed by atoms with Gasteiger partial charge in [-0.05, 0) is 26.0 Å². The first-order chi connectivity index (χ1) is 8.07. The van der Waals surface area contributed by atoms with Crippen LogP contribution in [0.5, 0.6) is 5.75 Å². The normalized spacial score (nSPS) is 16.1. The van der Waals surface area contributed by atoms with Crippen molar-refractivity contribution in [2.45, 2.75) is 25.5 Å². The van der Waals surface area contributed by atoms with Crippen molar-refractivity contribution in [3.63, 3.8) is 0 Å². The molecule has 0 aliphatic rings. The van der Waals surface area contributed by atoms with E-state index in [1.54, 1.807) is 14.2 Å². The van der Waals surface area contributed by atoms with Gasteiger partial charge in [0.25, 0.3) is 0 Å². The smallest absolute Gasteiger partial charge is 0.141 e. The molecular formula is C13H22N2O2. The van der Waals surface area contributed by atoms with E-state index < -0.39 is 0 Å². The van der Waals surface area contributed by atoms with Crippen LogP contribution in [0.4, 0.5) is 5.69 Å². The van der Waals surface area contributed by atoms with E-state index in [4.69, 9.17) is 15.2 Å². The van der Waals surface area contributed by atoms with Gasteiger partial charge in [-0.2, -0.15) is 0 Å². The zero-order chi connectivity index (χ0) is 12.9. The van der Waals surface area contributed by atoms with Crippen molar-refractivity contribution in [3.05, 3.63) is 24.3 Å². The Hall–Kier alpha value is -1.26. The minimum atomic E-state index is -0.330. The van der Waals surface area contributed by atoms with Gasteiger partial charge in [-0.15, -0.1) is 0 Å². The molecule has 4 nitrogen and oxygen atoms in total. The molecule has 0 spiro atoms. The van der Waals surface area contributed by atoms with Gasteiger partial charge in [0.15, 0.2) is 0 Å². The summed E-state index contributed by atoms with van der Waals surface area (Å²) < 4.78 is 10.7. The van der Waals surface area contributed by atoms with Gasteiger partial charge in [-0.1, -0.05) is 12.1 Å². The molecule has 0 amide bonds. The Labute approximate surface area is 103 Å². The molecule has 0 saturated carbocycles. The largest absolute Gasteiger partial charge is 0.495 e. The van der Waals surface area contributed by atoms with Crippen molar-refractivity contribution in [1.82, 2.24) is 0 Å². The van der Waals surface area contributed by atoms with Crippen LogP contribution in [-0.2, 0) is 4.74 Å². The fourth-order valence-corrected chi connectivity index (χ4v) is 1.63. The third-order valence-electron chi connectivity index (χ3n) is 3.20. The van der Waals surface area contributed by atoms with Gasteiger partial charge in [0.2, 0.25) is 0 Å². The monoisotopic (exact) mass is 238 g/mol. The van der Waals surface area contributed by atoms with E-state index in [1.807, 2.05) is 38.1 Å². The van der Waals surface area contributed by atoms with Crippen LogP contribution in [0, 0.1) is 0 Å². The van der Waals surface area contributed by atoms with E-state index >= 15 is 0 Å². The predicted octanol–water partition coefficient (Wildman–Crippen LogP) is 1.86. The molecule has 1 aromatic rings. The molecule has 0 aliphatic heterocycles. The first-order valence-electron chi connectivity index (χ1n) is 5.71. The molecule has 0 bridgehead atoms. The molecule has 3 N–H and O–H groups in total. The number of ether oxygens (including phenoxy) is 2. The van der Waals surface area contributed by atoms with Gasteiger partial charge in [-0.25, -0.2) is 0 Å². The van der Waals surface area contributed by atoms with E-state index in [9.17, 15) is 0 Å². The van der Waals surface area contributed by atoms with Gasteiger partial charge in [0.1, 0.15) is 5.75 Å². The fourth-order valence-electron chi connectivity index (χ4n) is 1.63. The summed E-state index contributed by atoms with van der Waals surface area (Å²) >= 11 is 0. The highest BCUT2D eigenvalue weighted by molar-refractivity contribution is 5.57. The average molecular weight is 238 g/mol. The second kappa shape index (κ2) is 5.89. The Morgan fingerprint density at radius 1 is 1.35 bits per heavy atom. The van der Waals surface area contributed by atoms with E-state index in [1.165, 1.54) is 0 Å². The van der Waals surface area contributed by atoms with Crippen molar-refractivity contribution >= 4 is 5.69 Å². The molecule has 0 radical (unpaired) electrons. The van der Waals surface area contributed by atoms with Gasteiger partial charge < -0.3 is 20.5 Å². The highest BCUT2D eigenvalue weighted by Gasteiger charge is 2.30. The second-order valence-corrected chi connectivity index (χ2v) is 4.32. The number of nitrogens with one attached hydrogen (secondary N) is 1. The van der Waals surface area contributed by atoms with Crippen molar-refractivity contribution in [2.75, 3.05) is 26.1 Å². The van der Waals surface area contributed by atoms with Crippen LogP contribution in [0.25, 0.3) is 0 Å². The van der Waals surface area contributed by atoms with Gasteiger partial charge >= 0.3 is 0 Å². The summed E-state index contributed by atoms with van der Waals surface area (Å²) in [5.74, 6) is 0.801. The summed E-state index contributed by atoms with van der Waals surface area (Å²) in [5, 5.41) is 3.40. The molecular weight excluding hydrogens is 216 g/mol. The molecule has 17 heavy (non-hydrogen) atoms. The third kappa shape index (κ3) is 3.11. The third-order valence-corrected chi connectivity index (χ3v) is 3.20. The average Bonchev–Trinajstić information content (AvgIpc) is 2.38. The number of methoxy groups -OCH3 is 2. The quantitative estimate of drug-likeness (QED) is 0.794. The van der Waals surface area contributed by atoms with Crippen molar-refractivity contribution in [3.8, 4) is 5.75 Å². The zero-order valence-electron chi connectivity index (χ0n) is 11.0. The summed E-state index contributed by atoms with van der Waals surface area (Å²) in [6.45, 7) is 4.50. The Morgan fingerprint density at radius 3 is 2.53 bits per heavy atom. The minimum absolute atomic E-state index is 0.00240. The predicted molar refractivity (Wildman–Crippen MR) is 70.5 cm³/mol. The maximum atomic E-state index is 5.84. The van der Waals surface area contributed by atoms with Crippen molar-refractivity contribution in [2.24, 2.45) is 5.73 Å². The highest BCUT2D eigenvalue weighted by atomic mass is 16.5. The molecule has 0 heterocycles. The van der Waals surface area contributed by atoms with Crippen LogP contribution in [0.1, 0.15) is 13.8 Å². The zero-order valence-corrected chi connectivity index (χ0v) is 11.0. The first kappa shape index (κ1) is 13.8. The molecule has 0 aliphatic carbocycles. The molecule has 2 unspecified atom stereocenters. The standard InChI is InChI=1S/C13H22N2O2/c1-10(16-3)13(2,9-14)15-11-7-5-6-8-12(11)17-4/h5-8,10,15H,9,14H2,1-4H3. The number of anilines is 1. The van der Waals surface area contributed by atoms with Crippen LogP contribution in [0.3, 0.4) is 0 Å². The molecule has 4 heteroatoms. The maximum absolute atomic E-state index is 5.84. The van der Waals surface area contributed by atoms with Crippen LogP contribution >= 0.6 is 0 Å². The highest BCUT2D eigenvalue weighted by Crippen LogP contribution is 2.28. The molecule has 0 aromatic heterocycles. The molecule has 1 rings (SSSR count). The number of hydrogen-bond donors (Lipinski definition) is 2. The van der Waals surface area contributed by atoms with Gasteiger partial charge in [-0.3, -0.25) is 0 Å². The molecule has 2 atom stereocenters. The lowest BCUT2D eigenvalue weighted by atomic mass is 9.95. The van der Waals surface area contributed by atoms with E-state index in [0.29, 0.717) is 6.54 Å². The number of para-hydroxylation sites is 2. The second-order valence-electron chi connectivity index (χ2n) is 4.32. The topological polar surface area (TPSA) is 56.5 Å². The Morgan fingerprint density at radius 2 is 2.00 bits per heavy atom. The van der Waals surface area contributed by atoms with Crippen LogP contribution < -0.4 is 15.8 Å². The number of rotatable bonds is 6. The van der Waals surface area contributed by atoms with Gasteiger partial charge in [0, 0.05) is 13.7 Å². The van der Waals surface area contributed by atoms with Crippen LogP contribution in [0.2, 0.25) is 0 Å². The lowest BCUT2D eigenvalue weighted by molar-refractivity contribution is 0.0687. The minimum Gasteiger partial charge on any atom is -0.495 e. The summed E-state index contributed by atoms with van der Waals surface area (Å²) in [6.07, 6.45) is -0.00240. The lowest BCUT2D eigenvalue weighted by Crippen LogP contribution is -2.52. The summed E-state index contributed by atoms with van der Waals surface area (Å²) in [7, 11) is 3.34. The summed E-state index contributed by atoms with van der Waals surface area (Å²) in [6, 6.07) is 7.77. The Bertz CT molecular complexity index is 357. The van der Waals surface area contributed by atoms with Crippen LogP contribution in [0.15, 0.2) is 24.3 Å². The first-order valence-corrected chi connectivity index (χ1v) is 5.71. The number of hydrogen-bond acceptors (Lipinski definition) is 4. The Kier molecular flexibility index (Phi) is 4.78. The van der Waals surface area contributed by atoms with Crippen molar-refractivity contribution in [1.29, 1.82) is 0 Å². The SMILES string of the molecule is COc1ccccc1NC(C)(CN)C(C)OC. The van der Waals surface area contributed by atoms with E-state index in [2.05, 4.69) is 5.32 Å². The maximum Gasteiger partial charge on any atom is 0.141 e. The molecule has 0 fully saturated rings. The van der Waals surface area contributed by atoms with E-state index in [0.717, 1.165) is 11.4 Å². The molecule has 1 aromatic carbocycles. The summed E-state index contributed by atoms with van der Waals surface area (Å²) in [4.78, 5) is 0. The Balaban J connectivity index is 2.94. The van der Waals surface area contributed by atoms with Crippen molar-refractivity contribution < 1.29 is 9.47 Å². The number of benzene rings is 1. The van der Waals surface area contributed by atoms with Crippen LogP contribution in [-0.4, -0.2) is 32.4 Å². The number of nitrogens with two attached hydrogens (primary N) is 1. The van der Waals surface area contributed by atoms with E-state index in [-0.39, 0.29) is 11.6 Å². The molecule has 0 saturated heterocycles. The molecule has 96 valence electrons. The fraction of sp³-hybridized carbons (Fsp3) is 0.538. The van der Waals surface area contributed by atoms with Gasteiger partial charge in [0.05, 0.1) is 24.4 Å². The summed E-state index contributed by atoms with van der Waals surface area (Å²) in [5.41, 5.74) is 6.43. The lowest BCUT2D eigenvalue weighted by Gasteiger charge is -2.35.